The molecule has 0 aromatic heterocycles. The molecule has 1 saturated heterocycles. The van der Waals surface area contributed by atoms with E-state index in [2.05, 4.69) is 0 Å². The van der Waals surface area contributed by atoms with Gasteiger partial charge in [0.2, 0.25) is 10.0 Å². The third kappa shape index (κ3) is 7.40. The number of aliphatic hydroxyl groups excluding tert-OH is 1. The number of morpholine rings is 1. The number of carbonyl (C=O) groups is 1. The Morgan fingerprint density at radius 1 is 1.09 bits per heavy atom. The summed E-state index contributed by atoms with van der Waals surface area (Å²) in [7, 11) is -3.82. The molecule has 1 fully saturated rings. The summed E-state index contributed by atoms with van der Waals surface area (Å²) in [4.78, 5) is 14.5. The number of hydrogen-bond donors (Lipinski definition) is 2. The number of carbonyl (C=O) groups excluding carboxylic acids is 1. The highest BCUT2D eigenvalue weighted by molar-refractivity contribution is 7.92. The van der Waals surface area contributed by atoms with Gasteiger partial charge in [-0.2, -0.15) is 0 Å². The van der Waals surface area contributed by atoms with Gasteiger partial charge in [0.15, 0.2) is 6.10 Å². The first kappa shape index (κ1) is 25.9. The van der Waals surface area contributed by atoms with E-state index >= 15 is 0 Å². The number of benzene rings is 2. The molecule has 2 aromatic carbocycles. The number of hydrogen-bond acceptors (Lipinski definition) is 8. The van der Waals surface area contributed by atoms with Crippen LogP contribution < -0.4 is 9.04 Å². The second-order valence-electron chi connectivity index (χ2n) is 8.13. The highest BCUT2D eigenvalue weighted by atomic mass is 32.2. The summed E-state index contributed by atoms with van der Waals surface area (Å²) >= 11 is 0. The van der Waals surface area contributed by atoms with E-state index in [0.29, 0.717) is 49.4 Å². The van der Waals surface area contributed by atoms with Crippen LogP contribution in [-0.4, -0.2) is 92.9 Å². The quantitative estimate of drug-likeness (QED) is 0.377. The number of anilines is 1. The van der Waals surface area contributed by atoms with Crippen molar-refractivity contribution in [2.24, 2.45) is 0 Å². The van der Waals surface area contributed by atoms with E-state index in [1.165, 1.54) is 12.1 Å². The normalized spacial score (nSPS) is 15.5. The molecule has 1 aliphatic heterocycles. The van der Waals surface area contributed by atoms with Crippen molar-refractivity contribution < 1.29 is 33.0 Å². The van der Waals surface area contributed by atoms with Gasteiger partial charge >= 0.3 is 0 Å². The molecule has 10 nitrogen and oxygen atoms in total. The molecule has 0 spiro atoms. The molecule has 0 saturated carbocycles. The average Bonchev–Trinajstić information content (AvgIpc) is 2.82. The van der Waals surface area contributed by atoms with Crippen LogP contribution in [0.5, 0.6) is 11.5 Å². The molecule has 0 radical (unpaired) electrons. The van der Waals surface area contributed by atoms with Crippen LogP contribution in [0.2, 0.25) is 0 Å². The number of amides is 1. The summed E-state index contributed by atoms with van der Waals surface area (Å²) in [5.41, 5.74) is 1.35. The van der Waals surface area contributed by atoms with Crippen molar-refractivity contribution in [3.63, 3.8) is 0 Å². The second-order valence-corrected chi connectivity index (χ2v) is 10.0. The van der Waals surface area contributed by atoms with E-state index in [-0.39, 0.29) is 12.2 Å². The van der Waals surface area contributed by atoms with Crippen molar-refractivity contribution in [1.29, 1.82) is 0 Å². The molecular formula is C23H31N3O7S. The number of nitrogens with zero attached hydrogens (tertiary/aromatic N) is 3. The van der Waals surface area contributed by atoms with E-state index in [1.807, 2.05) is 36.1 Å². The second kappa shape index (κ2) is 11.6. The molecule has 11 heteroatoms. The maximum absolute atomic E-state index is 12.4. The number of aryl methyl sites for hydroxylation is 1. The summed E-state index contributed by atoms with van der Waals surface area (Å²) in [5.74, 6) is 0.169. The van der Waals surface area contributed by atoms with Gasteiger partial charge in [0.25, 0.3) is 5.91 Å². The highest BCUT2D eigenvalue weighted by Gasteiger charge is 2.28. The van der Waals surface area contributed by atoms with Gasteiger partial charge in [-0.1, -0.05) is 17.7 Å². The molecule has 1 heterocycles. The third-order valence-electron chi connectivity index (χ3n) is 5.39. The van der Waals surface area contributed by atoms with Gasteiger partial charge in [0.05, 0.1) is 38.2 Å². The van der Waals surface area contributed by atoms with E-state index in [0.717, 1.165) is 16.1 Å². The van der Waals surface area contributed by atoms with Crippen molar-refractivity contribution in [2.75, 3.05) is 56.5 Å². The summed E-state index contributed by atoms with van der Waals surface area (Å²) < 4.78 is 36.7. The predicted octanol–water partition coefficient (Wildman–Crippen LogP) is 1.46. The van der Waals surface area contributed by atoms with Crippen molar-refractivity contribution in [3.8, 4) is 11.5 Å². The zero-order valence-electron chi connectivity index (χ0n) is 19.3. The van der Waals surface area contributed by atoms with Crippen molar-refractivity contribution >= 4 is 21.6 Å². The molecule has 186 valence electrons. The van der Waals surface area contributed by atoms with Crippen LogP contribution in [0.1, 0.15) is 5.56 Å². The van der Waals surface area contributed by atoms with Gasteiger partial charge in [0, 0.05) is 19.6 Å². The van der Waals surface area contributed by atoms with Gasteiger partial charge in [-0.25, -0.2) is 13.5 Å². The Kier molecular flexibility index (Phi) is 8.86. The molecule has 0 unspecified atom stereocenters. The number of hydroxylamine groups is 2. The largest absolute Gasteiger partial charge is 0.457 e. The molecule has 3 rings (SSSR count). The van der Waals surface area contributed by atoms with Crippen molar-refractivity contribution in [2.45, 2.75) is 13.0 Å². The Bertz CT molecular complexity index is 1040. The van der Waals surface area contributed by atoms with Crippen LogP contribution >= 0.6 is 0 Å². The van der Waals surface area contributed by atoms with Crippen molar-refractivity contribution in [3.05, 3.63) is 54.1 Å². The van der Waals surface area contributed by atoms with Gasteiger partial charge in [-0.05, 0) is 43.3 Å². The maximum Gasteiger partial charge on any atom is 0.276 e. The lowest BCUT2D eigenvalue weighted by Crippen LogP contribution is -2.48. The van der Waals surface area contributed by atoms with E-state index < -0.39 is 28.6 Å². The number of sulfonamides is 1. The Hall–Kier alpha value is -2.70. The minimum absolute atomic E-state index is 0.0141. The summed E-state index contributed by atoms with van der Waals surface area (Å²) in [6, 6.07) is 13.7. The number of rotatable bonds is 10. The van der Waals surface area contributed by atoms with Crippen LogP contribution in [0.4, 0.5) is 5.69 Å². The Morgan fingerprint density at radius 3 is 2.21 bits per heavy atom. The smallest absolute Gasteiger partial charge is 0.276 e. The zero-order valence-corrected chi connectivity index (χ0v) is 20.1. The molecule has 0 aliphatic carbocycles. The monoisotopic (exact) mass is 493 g/mol. The molecule has 34 heavy (non-hydrogen) atoms. The van der Waals surface area contributed by atoms with Gasteiger partial charge in [0.1, 0.15) is 11.5 Å². The van der Waals surface area contributed by atoms with E-state index in [4.69, 9.17) is 9.47 Å². The van der Waals surface area contributed by atoms with Gasteiger partial charge < -0.3 is 14.6 Å². The summed E-state index contributed by atoms with van der Waals surface area (Å²) in [6.45, 7) is 4.38. The molecule has 2 aromatic rings. The van der Waals surface area contributed by atoms with E-state index in [9.17, 15) is 23.5 Å². The fourth-order valence-electron chi connectivity index (χ4n) is 3.43. The standard InChI is InChI=1S/C23H31N3O7S/c1-18-3-7-20(8-4-18)33-21-9-5-19(6-10-21)26(34(2,30)31)17-22(27)23(28)25(29)12-11-24-13-15-32-16-14-24/h3-10,22,27,29H,11-17H2,1-2H3/t22-/m0/s1. The third-order valence-corrected chi connectivity index (χ3v) is 6.55. The molecule has 1 amide bonds. The highest BCUT2D eigenvalue weighted by Crippen LogP contribution is 2.26. The van der Waals surface area contributed by atoms with Crippen LogP contribution in [0.3, 0.4) is 0 Å². The van der Waals surface area contributed by atoms with Crippen molar-refractivity contribution in [1.82, 2.24) is 9.96 Å². The lowest BCUT2D eigenvalue weighted by molar-refractivity contribution is -0.175. The minimum atomic E-state index is -3.82. The lowest BCUT2D eigenvalue weighted by Gasteiger charge is -2.29. The number of ether oxygens (including phenoxy) is 2. The first-order chi connectivity index (χ1) is 16.1. The van der Waals surface area contributed by atoms with Crippen LogP contribution in [-0.2, 0) is 19.6 Å². The average molecular weight is 494 g/mol. The minimum Gasteiger partial charge on any atom is -0.457 e. The first-order valence-corrected chi connectivity index (χ1v) is 12.8. The van der Waals surface area contributed by atoms with Crippen LogP contribution in [0.25, 0.3) is 0 Å². The molecule has 1 aliphatic rings. The fraction of sp³-hybridized carbons (Fsp3) is 0.435. The molecule has 1 atom stereocenters. The first-order valence-electron chi connectivity index (χ1n) is 10.9. The lowest BCUT2D eigenvalue weighted by atomic mass is 10.2. The molecule has 2 N–H and O–H groups in total. The van der Waals surface area contributed by atoms with E-state index in [1.54, 1.807) is 12.1 Å². The van der Waals surface area contributed by atoms with Gasteiger partial charge in [-0.15, -0.1) is 0 Å². The van der Waals surface area contributed by atoms with Crippen LogP contribution in [0, 0.1) is 6.92 Å². The summed E-state index contributed by atoms with van der Waals surface area (Å²) in [6.07, 6.45) is -0.760. The maximum atomic E-state index is 12.4. The molecular weight excluding hydrogens is 462 g/mol. The molecule has 0 bridgehead atoms. The number of aliphatic hydroxyl groups is 1. The van der Waals surface area contributed by atoms with Crippen LogP contribution in [0.15, 0.2) is 48.5 Å². The SMILES string of the molecule is Cc1ccc(Oc2ccc(N(C[C@H](O)C(=O)N(O)CCN3CCOCC3)S(C)(=O)=O)cc2)cc1. The summed E-state index contributed by atoms with van der Waals surface area (Å²) in [5, 5.41) is 20.9. The Morgan fingerprint density at radius 2 is 1.65 bits per heavy atom. The topological polar surface area (TPSA) is 120 Å². The fourth-order valence-corrected chi connectivity index (χ4v) is 4.35. The Balaban J connectivity index is 1.62. The Labute approximate surface area is 199 Å². The van der Waals surface area contributed by atoms with Gasteiger partial charge in [-0.3, -0.25) is 19.2 Å². The zero-order chi connectivity index (χ0) is 24.7. The predicted molar refractivity (Wildman–Crippen MR) is 127 cm³/mol.